The van der Waals surface area contributed by atoms with E-state index in [4.69, 9.17) is 0 Å². The number of carbonyl (C=O) groups excluding carboxylic acids is 2. The Bertz CT molecular complexity index is 1320. The minimum atomic E-state index is -0.490. The van der Waals surface area contributed by atoms with E-state index in [1.807, 2.05) is 41.0 Å². The fraction of sp³-hybridized carbons (Fsp3) is 0.208. The molecule has 1 saturated heterocycles. The Labute approximate surface area is 190 Å². The number of amides is 2. The van der Waals surface area contributed by atoms with E-state index < -0.39 is 6.04 Å². The number of imidazole rings is 1. The highest BCUT2D eigenvalue weighted by Crippen LogP contribution is 2.23. The molecule has 0 aliphatic carbocycles. The standard InChI is InChI=1S/C24H23N7O2/c1-15(16-5-3-2-4-6-16)27-24-25-12-11-21(30-24)31-14-26-19-13-17(7-9-20(19)31)28-23(33)18-8-10-22(32)29-18/h2-7,9,11-15,18H,8,10H2,1H3,(H,28,33)(H,29,32)(H,25,27,30). The molecule has 0 saturated carbocycles. The number of anilines is 2. The Morgan fingerprint density at radius 3 is 2.79 bits per heavy atom. The second-order valence-electron chi connectivity index (χ2n) is 7.98. The predicted molar refractivity (Wildman–Crippen MR) is 125 cm³/mol. The van der Waals surface area contributed by atoms with E-state index in [1.165, 1.54) is 0 Å². The highest BCUT2D eigenvalue weighted by Gasteiger charge is 2.27. The van der Waals surface area contributed by atoms with Gasteiger partial charge in [-0.2, -0.15) is 4.98 Å². The molecule has 1 aliphatic heterocycles. The third kappa shape index (κ3) is 4.38. The van der Waals surface area contributed by atoms with Crippen molar-refractivity contribution in [1.29, 1.82) is 0 Å². The van der Waals surface area contributed by atoms with E-state index in [1.54, 1.807) is 18.6 Å². The zero-order valence-corrected chi connectivity index (χ0v) is 18.0. The molecule has 3 N–H and O–H groups in total. The molecule has 2 unspecified atom stereocenters. The lowest BCUT2D eigenvalue weighted by molar-refractivity contribution is -0.122. The van der Waals surface area contributed by atoms with Crippen LogP contribution in [0.15, 0.2) is 67.1 Å². The second-order valence-corrected chi connectivity index (χ2v) is 7.98. The molecule has 166 valence electrons. The molecule has 1 fully saturated rings. The largest absolute Gasteiger partial charge is 0.348 e. The summed E-state index contributed by atoms with van der Waals surface area (Å²) >= 11 is 0. The van der Waals surface area contributed by atoms with Gasteiger partial charge in [0.25, 0.3) is 0 Å². The summed E-state index contributed by atoms with van der Waals surface area (Å²) in [7, 11) is 0. The minimum Gasteiger partial charge on any atom is -0.348 e. The lowest BCUT2D eigenvalue weighted by atomic mass is 10.1. The summed E-state index contributed by atoms with van der Waals surface area (Å²) in [4.78, 5) is 37.2. The fourth-order valence-electron chi connectivity index (χ4n) is 3.88. The normalized spacial score (nSPS) is 16.4. The van der Waals surface area contributed by atoms with Gasteiger partial charge in [0.2, 0.25) is 17.8 Å². The number of carbonyl (C=O) groups is 2. The van der Waals surface area contributed by atoms with Gasteiger partial charge in [-0.25, -0.2) is 9.97 Å². The number of rotatable bonds is 6. The summed E-state index contributed by atoms with van der Waals surface area (Å²) in [6.07, 6.45) is 4.29. The van der Waals surface area contributed by atoms with Crippen LogP contribution < -0.4 is 16.0 Å². The van der Waals surface area contributed by atoms with Crippen LogP contribution in [0.5, 0.6) is 0 Å². The smallest absolute Gasteiger partial charge is 0.246 e. The van der Waals surface area contributed by atoms with Crippen molar-refractivity contribution in [1.82, 2.24) is 24.8 Å². The number of benzene rings is 2. The molecular formula is C24H23N7O2. The number of fused-ring (bicyclic) bond motifs is 1. The maximum atomic E-state index is 12.4. The van der Waals surface area contributed by atoms with Gasteiger partial charge in [-0.05, 0) is 43.2 Å². The summed E-state index contributed by atoms with van der Waals surface area (Å²) < 4.78 is 1.87. The van der Waals surface area contributed by atoms with Gasteiger partial charge in [0.15, 0.2) is 0 Å². The Morgan fingerprint density at radius 1 is 1.15 bits per heavy atom. The highest BCUT2D eigenvalue weighted by atomic mass is 16.2. The number of nitrogens with zero attached hydrogens (tertiary/aromatic N) is 4. The first kappa shape index (κ1) is 20.6. The third-order valence-electron chi connectivity index (χ3n) is 5.66. The molecule has 2 aromatic heterocycles. The monoisotopic (exact) mass is 441 g/mol. The number of nitrogens with one attached hydrogen (secondary N) is 3. The van der Waals surface area contributed by atoms with Gasteiger partial charge in [0, 0.05) is 18.3 Å². The molecule has 2 aromatic carbocycles. The molecule has 2 atom stereocenters. The van der Waals surface area contributed by atoms with Crippen LogP contribution in [-0.2, 0) is 9.59 Å². The average molecular weight is 441 g/mol. The summed E-state index contributed by atoms with van der Waals surface area (Å²) in [5, 5.41) is 8.86. The van der Waals surface area contributed by atoms with E-state index >= 15 is 0 Å². The molecule has 2 amide bonds. The first-order chi connectivity index (χ1) is 16.1. The van der Waals surface area contributed by atoms with Crippen LogP contribution in [0, 0.1) is 0 Å². The van der Waals surface area contributed by atoms with Gasteiger partial charge in [-0.15, -0.1) is 0 Å². The summed E-state index contributed by atoms with van der Waals surface area (Å²) in [5.74, 6) is 0.883. The predicted octanol–water partition coefficient (Wildman–Crippen LogP) is 3.21. The number of hydrogen-bond acceptors (Lipinski definition) is 6. The van der Waals surface area contributed by atoms with Gasteiger partial charge in [0.1, 0.15) is 18.2 Å². The van der Waals surface area contributed by atoms with Crippen molar-refractivity contribution in [3.8, 4) is 5.82 Å². The van der Waals surface area contributed by atoms with Crippen molar-refractivity contribution in [3.63, 3.8) is 0 Å². The fourth-order valence-corrected chi connectivity index (χ4v) is 3.88. The van der Waals surface area contributed by atoms with E-state index in [0.717, 1.165) is 11.1 Å². The molecule has 33 heavy (non-hydrogen) atoms. The van der Waals surface area contributed by atoms with Gasteiger partial charge in [-0.1, -0.05) is 30.3 Å². The molecule has 9 heteroatoms. The van der Waals surface area contributed by atoms with Crippen molar-refractivity contribution in [3.05, 3.63) is 72.7 Å². The van der Waals surface area contributed by atoms with Crippen LogP contribution in [-0.4, -0.2) is 37.4 Å². The Balaban J connectivity index is 1.34. The van der Waals surface area contributed by atoms with Crippen LogP contribution >= 0.6 is 0 Å². The third-order valence-corrected chi connectivity index (χ3v) is 5.66. The Morgan fingerprint density at radius 2 is 2.00 bits per heavy atom. The maximum absolute atomic E-state index is 12.4. The van der Waals surface area contributed by atoms with Crippen LogP contribution in [0.2, 0.25) is 0 Å². The van der Waals surface area contributed by atoms with Gasteiger partial charge < -0.3 is 16.0 Å². The molecule has 0 bridgehead atoms. The molecule has 5 rings (SSSR count). The molecule has 1 aliphatic rings. The highest BCUT2D eigenvalue weighted by molar-refractivity contribution is 6.00. The first-order valence-electron chi connectivity index (χ1n) is 10.8. The topological polar surface area (TPSA) is 114 Å². The Hall–Kier alpha value is -4.27. The minimum absolute atomic E-state index is 0.0526. The quantitative estimate of drug-likeness (QED) is 0.423. The molecule has 9 nitrogen and oxygen atoms in total. The van der Waals surface area contributed by atoms with Crippen molar-refractivity contribution < 1.29 is 9.59 Å². The van der Waals surface area contributed by atoms with E-state index in [2.05, 4.69) is 50.0 Å². The molecule has 0 radical (unpaired) electrons. The molecule has 4 aromatic rings. The number of hydrogen-bond donors (Lipinski definition) is 3. The van der Waals surface area contributed by atoms with Crippen molar-refractivity contribution in [2.75, 3.05) is 10.6 Å². The van der Waals surface area contributed by atoms with E-state index in [9.17, 15) is 9.59 Å². The van der Waals surface area contributed by atoms with Crippen LogP contribution in [0.3, 0.4) is 0 Å². The zero-order chi connectivity index (χ0) is 22.8. The SMILES string of the molecule is CC(Nc1nccc(-n2cnc3cc(NC(=O)C4CCC(=O)N4)ccc32)n1)c1ccccc1. The maximum Gasteiger partial charge on any atom is 0.246 e. The van der Waals surface area contributed by atoms with Crippen LogP contribution in [0.4, 0.5) is 11.6 Å². The molecule has 0 spiro atoms. The van der Waals surface area contributed by atoms with E-state index in [0.29, 0.717) is 35.8 Å². The van der Waals surface area contributed by atoms with Gasteiger partial charge >= 0.3 is 0 Å². The average Bonchev–Trinajstić information content (AvgIpc) is 3.46. The Kier molecular flexibility index (Phi) is 5.43. The second kappa shape index (κ2) is 8.70. The van der Waals surface area contributed by atoms with Crippen molar-refractivity contribution in [2.24, 2.45) is 0 Å². The molecule has 3 heterocycles. The number of aromatic nitrogens is 4. The van der Waals surface area contributed by atoms with Crippen molar-refractivity contribution >= 4 is 34.5 Å². The lowest BCUT2D eigenvalue weighted by Crippen LogP contribution is -2.37. The zero-order valence-electron chi connectivity index (χ0n) is 18.0. The van der Waals surface area contributed by atoms with Crippen LogP contribution in [0.25, 0.3) is 16.9 Å². The first-order valence-corrected chi connectivity index (χ1v) is 10.8. The van der Waals surface area contributed by atoms with Gasteiger partial charge in [0.05, 0.1) is 17.1 Å². The van der Waals surface area contributed by atoms with Gasteiger partial charge in [-0.3, -0.25) is 14.2 Å². The summed E-state index contributed by atoms with van der Waals surface area (Å²) in [6.45, 7) is 2.06. The summed E-state index contributed by atoms with van der Waals surface area (Å²) in [6, 6.07) is 17.0. The summed E-state index contributed by atoms with van der Waals surface area (Å²) in [5.41, 5.74) is 3.34. The van der Waals surface area contributed by atoms with E-state index in [-0.39, 0.29) is 17.9 Å². The van der Waals surface area contributed by atoms with Crippen molar-refractivity contribution in [2.45, 2.75) is 31.8 Å². The molecular weight excluding hydrogens is 418 g/mol. The lowest BCUT2D eigenvalue weighted by Gasteiger charge is -2.14. The van der Waals surface area contributed by atoms with Crippen LogP contribution in [0.1, 0.15) is 31.4 Å².